The molecule has 0 saturated heterocycles. The number of carbonyl (C=O) groups excluding carboxylic acids is 3. The first-order valence-corrected chi connectivity index (χ1v) is 10.8. The second-order valence-corrected chi connectivity index (χ2v) is 9.22. The number of carbonyl (C=O) groups is 3. The lowest BCUT2D eigenvalue weighted by molar-refractivity contribution is -0.130. The number of amides is 2. The molecule has 7 nitrogen and oxygen atoms in total. The molecule has 0 radical (unpaired) electrons. The summed E-state index contributed by atoms with van der Waals surface area (Å²) < 4.78 is 0. The fourth-order valence-corrected chi connectivity index (χ4v) is 3.29. The highest BCUT2D eigenvalue weighted by Gasteiger charge is 2.29. The SMILES string of the molecule is CC(C)C[C@H](NC(=O)[C@@H](N)CC(C)C)C(=O)N[C@@H](CC(C)C)C(=O)c1ccncc1. The molecule has 168 valence electrons. The number of nitrogens with two attached hydrogens (primary N) is 1. The Kier molecular flexibility index (Phi) is 10.7. The van der Waals surface area contributed by atoms with Crippen molar-refractivity contribution in [2.75, 3.05) is 0 Å². The average Bonchev–Trinajstić information content (AvgIpc) is 2.65. The van der Waals surface area contributed by atoms with Crippen molar-refractivity contribution >= 4 is 17.6 Å². The van der Waals surface area contributed by atoms with Gasteiger partial charge in [-0.2, -0.15) is 0 Å². The molecule has 1 heterocycles. The predicted octanol–water partition coefficient (Wildman–Crippen LogP) is 2.70. The number of rotatable bonds is 12. The van der Waals surface area contributed by atoms with Crippen LogP contribution in [0.2, 0.25) is 0 Å². The molecule has 0 aromatic carbocycles. The van der Waals surface area contributed by atoms with Gasteiger partial charge in [0, 0.05) is 18.0 Å². The van der Waals surface area contributed by atoms with Crippen molar-refractivity contribution in [3.63, 3.8) is 0 Å². The van der Waals surface area contributed by atoms with E-state index in [0.29, 0.717) is 24.8 Å². The number of nitrogens with zero attached hydrogens (tertiary/aromatic N) is 1. The Morgan fingerprint density at radius 1 is 0.800 bits per heavy atom. The van der Waals surface area contributed by atoms with Crippen LogP contribution in [0.1, 0.15) is 71.2 Å². The van der Waals surface area contributed by atoms with E-state index < -0.39 is 18.1 Å². The molecule has 1 aromatic rings. The molecule has 0 unspecified atom stereocenters. The lowest BCUT2D eigenvalue weighted by atomic mass is 9.95. The van der Waals surface area contributed by atoms with Crippen LogP contribution in [-0.4, -0.2) is 40.7 Å². The molecular formula is C23H38N4O3. The molecule has 7 heteroatoms. The molecule has 1 aromatic heterocycles. The highest BCUT2D eigenvalue weighted by atomic mass is 16.2. The first-order valence-electron chi connectivity index (χ1n) is 10.8. The highest BCUT2D eigenvalue weighted by molar-refractivity contribution is 6.02. The molecule has 4 N–H and O–H groups in total. The Hall–Kier alpha value is -2.28. The van der Waals surface area contributed by atoms with Gasteiger partial charge < -0.3 is 16.4 Å². The number of ketones is 1. The number of Topliss-reactive ketones (excluding diaryl/α,β-unsaturated/α-hetero) is 1. The van der Waals surface area contributed by atoms with Crippen LogP contribution in [0.25, 0.3) is 0 Å². The zero-order chi connectivity index (χ0) is 22.8. The number of hydrogen-bond donors (Lipinski definition) is 3. The maximum absolute atomic E-state index is 13.1. The monoisotopic (exact) mass is 418 g/mol. The van der Waals surface area contributed by atoms with Crippen LogP contribution in [0.4, 0.5) is 0 Å². The Morgan fingerprint density at radius 3 is 1.77 bits per heavy atom. The van der Waals surface area contributed by atoms with E-state index in [1.807, 2.05) is 41.5 Å². The highest BCUT2D eigenvalue weighted by Crippen LogP contribution is 2.13. The molecule has 3 atom stereocenters. The largest absolute Gasteiger partial charge is 0.344 e. The van der Waals surface area contributed by atoms with E-state index in [-0.39, 0.29) is 35.4 Å². The maximum Gasteiger partial charge on any atom is 0.243 e. The first-order chi connectivity index (χ1) is 14.0. The van der Waals surface area contributed by atoms with Gasteiger partial charge in [0.05, 0.1) is 12.1 Å². The van der Waals surface area contributed by atoms with Gasteiger partial charge in [0.2, 0.25) is 11.8 Å². The van der Waals surface area contributed by atoms with Crippen LogP contribution >= 0.6 is 0 Å². The van der Waals surface area contributed by atoms with E-state index in [4.69, 9.17) is 5.73 Å². The second-order valence-electron chi connectivity index (χ2n) is 9.22. The van der Waals surface area contributed by atoms with E-state index in [1.54, 1.807) is 24.5 Å². The molecule has 0 bridgehead atoms. The molecular weight excluding hydrogens is 380 g/mol. The summed E-state index contributed by atoms with van der Waals surface area (Å²) in [5.41, 5.74) is 6.48. The summed E-state index contributed by atoms with van der Waals surface area (Å²) >= 11 is 0. The molecule has 0 aliphatic carbocycles. The molecule has 1 rings (SSSR count). The van der Waals surface area contributed by atoms with E-state index in [9.17, 15) is 14.4 Å². The molecule has 2 amide bonds. The Morgan fingerprint density at radius 2 is 1.27 bits per heavy atom. The summed E-state index contributed by atoms with van der Waals surface area (Å²) in [6, 6.07) is 1.20. The van der Waals surface area contributed by atoms with E-state index in [0.717, 1.165) is 0 Å². The van der Waals surface area contributed by atoms with Crippen LogP contribution in [-0.2, 0) is 9.59 Å². The smallest absolute Gasteiger partial charge is 0.243 e. The standard InChI is InChI=1S/C23H38N4O3/c1-14(2)11-18(24)22(29)27-20(13-16(5)6)23(30)26-19(12-15(3)4)21(28)17-7-9-25-10-8-17/h7-10,14-16,18-20H,11-13,24H2,1-6H3,(H,26,30)(H,27,29)/t18-,19-,20-/m0/s1. The van der Waals surface area contributed by atoms with Crippen LogP contribution in [0.3, 0.4) is 0 Å². The predicted molar refractivity (Wildman–Crippen MR) is 119 cm³/mol. The normalized spacial score (nSPS) is 14.5. The van der Waals surface area contributed by atoms with Gasteiger partial charge in [0.1, 0.15) is 6.04 Å². The molecule has 0 fully saturated rings. The molecule has 0 saturated carbocycles. The minimum Gasteiger partial charge on any atom is -0.344 e. The third kappa shape index (κ3) is 9.03. The summed E-state index contributed by atoms with van der Waals surface area (Å²) in [5.74, 6) is -0.199. The lowest BCUT2D eigenvalue weighted by Gasteiger charge is -2.26. The molecule has 0 spiro atoms. The number of hydrogen-bond acceptors (Lipinski definition) is 5. The maximum atomic E-state index is 13.1. The summed E-state index contributed by atoms with van der Waals surface area (Å²) in [7, 11) is 0. The fraction of sp³-hybridized carbons (Fsp3) is 0.652. The Labute approximate surface area is 180 Å². The van der Waals surface area contributed by atoms with Gasteiger partial charge in [-0.1, -0.05) is 41.5 Å². The molecule has 0 aliphatic heterocycles. The second kappa shape index (κ2) is 12.4. The quantitative estimate of drug-likeness (QED) is 0.452. The van der Waals surface area contributed by atoms with Crippen molar-refractivity contribution in [1.29, 1.82) is 0 Å². The minimum absolute atomic E-state index is 0.161. The van der Waals surface area contributed by atoms with Gasteiger partial charge in [-0.3, -0.25) is 19.4 Å². The van der Waals surface area contributed by atoms with E-state index in [1.165, 1.54) is 0 Å². The lowest BCUT2D eigenvalue weighted by Crippen LogP contribution is -2.55. The zero-order valence-electron chi connectivity index (χ0n) is 19.1. The number of nitrogens with one attached hydrogen (secondary N) is 2. The number of pyridine rings is 1. The topological polar surface area (TPSA) is 114 Å². The van der Waals surface area contributed by atoms with Crippen molar-refractivity contribution in [2.24, 2.45) is 23.5 Å². The van der Waals surface area contributed by atoms with Crippen LogP contribution < -0.4 is 16.4 Å². The van der Waals surface area contributed by atoms with Gasteiger partial charge >= 0.3 is 0 Å². The van der Waals surface area contributed by atoms with E-state index >= 15 is 0 Å². The Bertz CT molecular complexity index is 689. The van der Waals surface area contributed by atoms with Crippen LogP contribution in [0.15, 0.2) is 24.5 Å². The van der Waals surface area contributed by atoms with Crippen molar-refractivity contribution in [3.05, 3.63) is 30.1 Å². The molecule has 30 heavy (non-hydrogen) atoms. The fourth-order valence-electron chi connectivity index (χ4n) is 3.29. The first kappa shape index (κ1) is 25.8. The third-order valence-electron chi connectivity index (χ3n) is 4.71. The minimum atomic E-state index is -0.740. The van der Waals surface area contributed by atoms with Crippen molar-refractivity contribution in [3.8, 4) is 0 Å². The molecule has 0 aliphatic rings. The van der Waals surface area contributed by atoms with Gasteiger partial charge in [0.15, 0.2) is 5.78 Å². The van der Waals surface area contributed by atoms with Gasteiger partial charge in [-0.25, -0.2) is 0 Å². The van der Waals surface area contributed by atoms with E-state index in [2.05, 4.69) is 15.6 Å². The summed E-state index contributed by atoms with van der Waals surface area (Å²) in [6.07, 6.45) is 4.61. The van der Waals surface area contributed by atoms with Crippen molar-refractivity contribution in [2.45, 2.75) is 78.9 Å². The van der Waals surface area contributed by atoms with Crippen LogP contribution in [0.5, 0.6) is 0 Å². The van der Waals surface area contributed by atoms with Crippen molar-refractivity contribution in [1.82, 2.24) is 15.6 Å². The Balaban J connectivity index is 2.96. The summed E-state index contributed by atoms with van der Waals surface area (Å²) in [4.78, 5) is 42.5. The van der Waals surface area contributed by atoms with Gasteiger partial charge in [-0.15, -0.1) is 0 Å². The van der Waals surface area contributed by atoms with Crippen molar-refractivity contribution < 1.29 is 14.4 Å². The summed E-state index contributed by atoms with van der Waals surface area (Å²) in [6.45, 7) is 11.9. The average molecular weight is 419 g/mol. The van der Waals surface area contributed by atoms with Gasteiger partial charge in [0.25, 0.3) is 0 Å². The van der Waals surface area contributed by atoms with Crippen LogP contribution in [0, 0.1) is 17.8 Å². The summed E-state index contributed by atoms with van der Waals surface area (Å²) in [5, 5.41) is 5.67. The third-order valence-corrected chi connectivity index (χ3v) is 4.71. The number of aromatic nitrogens is 1. The zero-order valence-corrected chi connectivity index (χ0v) is 19.1. The van der Waals surface area contributed by atoms with Gasteiger partial charge in [-0.05, 0) is 49.1 Å².